The number of methoxy groups -OCH3 is 1. The van der Waals surface area contributed by atoms with Crippen LogP contribution in [-0.2, 0) is 17.8 Å². The molecular weight excluding hydrogens is 316 g/mol. The molecule has 0 unspecified atom stereocenters. The third-order valence-corrected chi connectivity index (χ3v) is 4.62. The standard InChI is InChI=1S/C19H26N4O2/c1-4-17-15(2)20-19-22(16-9-6-5-7-10-16)13-21(11-8-12-25-3)14-23(19)18(17)24/h5-7,9-10H,4,8,11-14H2,1-3H3. The van der Waals surface area contributed by atoms with Crippen LogP contribution in [-0.4, -0.2) is 41.4 Å². The molecule has 134 valence electrons. The highest BCUT2D eigenvalue weighted by molar-refractivity contribution is 5.58. The Morgan fingerprint density at radius 3 is 2.64 bits per heavy atom. The average Bonchev–Trinajstić information content (AvgIpc) is 2.63. The number of aromatic nitrogens is 2. The van der Waals surface area contributed by atoms with Crippen LogP contribution < -0.4 is 10.5 Å². The SMILES string of the molecule is CCc1c(C)nc2n(c1=O)CN(CCCOC)CN2c1ccccc1. The molecule has 6 nitrogen and oxygen atoms in total. The molecule has 0 radical (unpaired) electrons. The van der Waals surface area contributed by atoms with Gasteiger partial charge in [0.15, 0.2) is 0 Å². The van der Waals surface area contributed by atoms with E-state index in [-0.39, 0.29) is 5.56 Å². The summed E-state index contributed by atoms with van der Waals surface area (Å²) in [6.07, 6.45) is 1.64. The molecule has 0 atom stereocenters. The third kappa shape index (κ3) is 3.60. The average molecular weight is 342 g/mol. The summed E-state index contributed by atoms with van der Waals surface area (Å²) in [5.41, 5.74) is 2.74. The van der Waals surface area contributed by atoms with Crippen LogP contribution >= 0.6 is 0 Å². The summed E-state index contributed by atoms with van der Waals surface area (Å²) in [4.78, 5) is 22.1. The summed E-state index contributed by atoms with van der Waals surface area (Å²) in [6.45, 7) is 6.81. The maximum atomic E-state index is 13.0. The summed E-state index contributed by atoms with van der Waals surface area (Å²) < 4.78 is 6.97. The summed E-state index contributed by atoms with van der Waals surface area (Å²) in [6, 6.07) is 10.1. The van der Waals surface area contributed by atoms with Crippen LogP contribution in [0.25, 0.3) is 0 Å². The van der Waals surface area contributed by atoms with Crippen LogP contribution in [0, 0.1) is 6.92 Å². The van der Waals surface area contributed by atoms with Gasteiger partial charge in [0, 0.05) is 37.2 Å². The van der Waals surface area contributed by atoms with Gasteiger partial charge >= 0.3 is 0 Å². The molecule has 3 rings (SSSR count). The molecule has 2 heterocycles. The quantitative estimate of drug-likeness (QED) is 0.755. The van der Waals surface area contributed by atoms with E-state index in [1.165, 1.54) is 0 Å². The van der Waals surface area contributed by atoms with E-state index < -0.39 is 0 Å². The Balaban J connectivity index is 2.03. The Morgan fingerprint density at radius 1 is 1.20 bits per heavy atom. The Labute approximate surface area is 148 Å². The van der Waals surface area contributed by atoms with Crippen LogP contribution in [0.3, 0.4) is 0 Å². The number of rotatable bonds is 6. The Bertz CT molecular complexity index is 773. The largest absolute Gasteiger partial charge is 0.385 e. The van der Waals surface area contributed by atoms with Crippen molar-refractivity contribution in [3.63, 3.8) is 0 Å². The lowest BCUT2D eigenvalue weighted by molar-refractivity contribution is 0.150. The lowest BCUT2D eigenvalue weighted by Gasteiger charge is -2.38. The number of ether oxygens (including phenoxy) is 1. The molecule has 25 heavy (non-hydrogen) atoms. The van der Waals surface area contributed by atoms with Gasteiger partial charge in [0.1, 0.15) is 0 Å². The van der Waals surface area contributed by atoms with Gasteiger partial charge < -0.3 is 4.74 Å². The van der Waals surface area contributed by atoms with Crippen LogP contribution in [0.5, 0.6) is 0 Å². The molecule has 0 saturated heterocycles. The second-order valence-electron chi connectivity index (χ2n) is 6.35. The molecular formula is C19H26N4O2. The van der Waals surface area contributed by atoms with Gasteiger partial charge in [-0.3, -0.25) is 19.2 Å². The first kappa shape index (κ1) is 17.6. The van der Waals surface area contributed by atoms with Crippen molar-refractivity contribution < 1.29 is 4.74 Å². The lowest BCUT2D eigenvalue weighted by atomic mass is 10.2. The van der Waals surface area contributed by atoms with Gasteiger partial charge in [-0.15, -0.1) is 0 Å². The number of hydrogen-bond acceptors (Lipinski definition) is 5. The molecule has 0 aliphatic carbocycles. The van der Waals surface area contributed by atoms with Crippen LogP contribution in [0.1, 0.15) is 24.6 Å². The second kappa shape index (κ2) is 7.80. The monoisotopic (exact) mass is 342 g/mol. The molecule has 1 aromatic carbocycles. The molecule has 2 aromatic rings. The summed E-state index contributed by atoms with van der Waals surface area (Å²) in [5, 5.41) is 0. The van der Waals surface area contributed by atoms with Crippen molar-refractivity contribution in [3.8, 4) is 0 Å². The van der Waals surface area contributed by atoms with Crippen LogP contribution in [0.4, 0.5) is 11.6 Å². The molecule has 0 saturated carbocycles. The molecule has 0 amide bonds. The maximum absolute atomic E-state index is 13.0. The Hall–Kier alpha value is -2.18. The fourth-order valence-electron chi connectivity index (χ4n) is 3.31. The highest BCUT2D eigenvalue weighted by Gasteiger charge is 2.27. The Morgan fingerprint density at radius 2 is 1.96 bits per heavy atom. The zero-order valence-corrected chi connectivity index (χ0v) is 15.2. The zero-order chi connectivity index (χ0) is 17.8. The normalized spacial score (nSPS) is 14.6. The number of hydrogen-bond donors (Lipinski definition) is 0. The number of para-hydroxylation sites is 1. The van der Waals surface area contributed by atoms with E-state index in [2.05, 4.69) is 21.9 Å². The summed E-state index contributed by atoms with van der Waals surface area (Å²) in [7, 11) is 1.71. The number of benzene rings is 1. The highest BCUT2D eigenvalue weighted by Crippen LogP contribution is 2.27. The fraction of sp³-hybridized carbons (Fsp3) is 0.474. The van der Waals surface area contributed by atoms with Crippen molar-refractivity contribution in [1.29, 1.82) is 0 Å². The minimum atomic E-state index is 0.0716. The van der Waals surface area contributed by atoms with Gasteiger partial charge in [-0.1, -0.05) is 25.1 Å². The number of fused-ring (bicyclic) bond motifs is 1. The fourth-order valence-corrected chi connectivity index (χ4v) is 3.31. The smallest absolute Gasteiger partial charge is 0.259 e. The molecule has 0 bridgehead atoms. The van der Waals surface area contributed by atoms with Crippen molar-refractivity contribution in [2.45, 2.75) is 33.4 Å². The van der Waals surface area contributed by atoms with Crippen LogP contribution in [0.15, 0.2) is 35.1 Å². The second-order valence-corrected chi connectivity index (χ2v) is 6.35. The molecule has 0 fully saturated rings. The molecule has 0 N–H and O–H groups in total. The van der Waals surface area contributed by atoms with E-state index in [0.717, 1.165) is 42.5 Å². The molecule has 1 aliphatic heterocycles. The van der Waals surface area contributed by atoms with E-state index in [1.54, 1.807) is 11.7 Å². The van der Waals surface area contributed by atoms with Gasteiger partial charge in [-0.2, -0.15) is 0 Å². The molecule has 1 aromatic heterocycles. The molecule has 0 spiro atoms. The van der Waals surface area contributed by atoms with Gasteiger partial charge in [0.05, 0.1) is 13.3 Å². The first-order valence-electron chi connectivity index (χ1n) is 8.80. The van der Waals surface area contributed by atoms with E-state index in [0.29, 0.717) is 19.8 Å². The minimum Gasteiger partial charge on any atom is -0.385 e. The predicted octanol–water partition coefficient (Wildman–Crippen LogP) is 2.52. The number of anilines is 2. The number of aryl methyl sites for hydroxylation is 1. The van der Waals surface area contributed by atoms with Crippen molar-refractivity contribution >= 4 is 11.6 Å². The molecule has 1 aliphatic rings. The van der Waals surface area contributed by atoms with Gasteiger partial charge in [-0.25, -0.2) is 4.98 Å². The lowest BCUT2D eigenvalue weighted by Crippen LogP contribution is -2.48. The topological polar surface area (TPSA) is 50.6 Å². The van der Waals surface area contributed by atoms with Crippen molar-refractivity contribution in [2.24, 2.45) is 0 Å². The Kier molecular flexibility index (Phi) is 5.50. The minimum absolute atomic E-state index is 0.0716. The van der Waals surface area contributed by atoms with Crippen molar-refractivity contribution in [2.75, 3.05) is 31.8 Å². The molecule has 6 heteroatoms. The first-order valence-corrected chi connectivity index (χ1v) is 8.80. The van der Waals surface area contributed by atoms with E-state index >= 15 is 0 Å². The van der Waals surface area contributed by atoms with E-state index in [1.807, 2.05) is 32.0 Å². The first-order chi connectivity index (χ1) is 12.2. The van der Waals surface area contributed by atoms with Gasteiger partial charge in [0.2, 0.25) is 5.95 Å². The zero-order valence-electron chi connectivity index (χ0n) is 15.2. The van der Waals surface area contributed by atoms with Crippen molar-refractivity contribution in [3.05, 3.63) is 51.9 Å². The van der Waals surface area contributed by atoms with E-state index in [9.17, 15) is 4.79 Å². The van der Waals surface area contributed by atoms with Crippen molar-refractivity contribution in [1.82, 2.24) is 14.5 Å². The maximum Gasteiger partial charge on any atom is 0.259 e. The summed E-state index contributed by atoms with van der Waals surface area (Å²) >= 11 is 0. The van der Waals surface area contributed by atoms with Crippen LogP contribution in [0.2, 0.25) is 0 Å². The third-order valence-electron chi connectivity index (χ3n) is 4.62. The van der Waals surface area contributed by atoms with Gasteiger partial charge in [0.25, 0.3) is 5.56 Å². The predicted molar refractivity (Wildman–Crippen MR) is 99.3 cm³/mol. The highest BCUT2D eigenvalue weighted by atomic mass is 16.5. The van der Waals surface area contributed by atoms with E-state index in [4.69, 9.17) is 9.72 Å². The van der Waals surface area contributed by atoms with Gasteiger partial charge in [-0.05, 0) is 31.9 Å². The number of nitrogens with zero attached hydrogens (tertiary/aromatic N) is 4. The summed E-state index contributed by atoms with van der Waals surface area (Å²) in [5.74, 6) is 0.730.